The second kappa shape index (κ2) is 11.8. The second-order valence-electron chi connectivity index (χ2n) is 4.43. The van der Waals surface area contributed by atoms with E-state index >= 15 is 0 Å². The number of rotatable bonds is 9. The van der Waals surface area contributed by atoms with Crippen molar-refractivity contribution in [3.63, 3.8) is 0 Å². The molecule has 0 heterocycles. The van der Waals surface area contributed by atoms with Crippen molar-refractivity contribution in [3.8, 4) is 0 Å². The maximum Gasteiger partial charge on any atom is 1.00 e. The molecular formula is C17H20LiO3PSTe. The molecule has 0 radical (unpaired) electrons. The van der Waals surface area contributed by atoms with Crippen LogP contribution >= 0.6 is 19.4 Å². The molecule has 0 amide bonds. The average molecular weight is 470 g/mol. The number of hydrogen-bond donors (Lipinski definition) is 0. The van der Waals surface area contributed by atoms with Crippen LogP contribution in [0.4, 0.5) is 0 Å². The monoisotopic (exact) mass is 472 g/mol. The van der Waals surface area contributed by atoms with E-state index in [-0.39, 0.29) is 18.9 Å². The molecule has 2 rings (SSSR count). The largest absolute Gasteiger partial charge is 1.00 e. The first kappa shape index (κ1) is 22.4. The van der Waals surface area contributed by atoms with Gasteiger partial charge in [0, 0.05) is 0 Å². The molecule has 0 fully saturated rings. The van der Waals surface area contributed by atoms with E-state index in [4.69, 9.17) is 9.05 Å². The van der Waals surface area contributed by atoms with Gasteiger partial charge in [0.05, 0.1) is 0 Å². The summed E-state index contributed by atoms with van der Waals surface area (Å²) in [7, 11) is -3.22. The van der Waals surface area contributed by atoms with E-state index in [9.17, 15) is 4.57 Å². The average Bonchev–Trinajstić information content (AvgIpc) is 2.57. The van der Waals surface area contributed by atoms with Crippen LogP contribution in [-0.4, -0.2) is 34.1 Å². The van der Waals surface area contributed by atoms with Crippen molar-refractivity contribution in [3.05, 3.63) is 63.7 Å². The summed E-state index contributed by atoms with van der Waals surface area (Å²) >= 11 is 0.706. The van der Waals surface area contributed by atoms with Crippen LogP contribution in [-0.2, 0) is 13.6 Å². The Morgan fingerprint density at radius 3 is 1.96 bits per heavy atom. The van der Waals surface area contributed by atoms with Crippen LogP contribution in [0.25, 0.3) is 0 Å². The Kier molecular flexibility index (Phi) is 11.0. The van der Waals surface area contributed by atoms with Crippen molar-refractivity contribution in [2.24, 2.45) is 0 Å². The fourth-order valence-corrected chi connectivity index (χ4v) is 10.3. The summed E-state index contributed by atoms with van der Waals surface area (Å²) < 4.78 is 26.5. The van der Waals surface area contributed by atoms with Crippen molar-refractivity contribution in [1.82, 2.24) is 0 Å². The Balaban J connectivity index is 0.00000288. The van der Waals surface area contributed by atoms with Crippen LogP contribution in [0.3, 0.4) is 0 Å². The Hall–Kier alpha value is 0.327. The van der Waals surface area contributed by atoms with Gasteiger partial charge in [-0.2, -0.15) is 0 Å². The number of hydrogen-bond acceptors (Lipinski definition) is 4. The molecule has 0 aliphatic carbocycles. The van der Waals surface area contributed by atoms with Gasteiger partial charge in [-0.05, 0) is 0 Å². The fourth-order valence-electron chi connectivity index (χ4n) is 1.79. The molecule has 124 valence electrons. The minimum atomic E-state index is -3.22. The Bertz CT molecular complexity index is 579. The van der Waals surface area contributed by atoms with Crippen molar-refractivity contribution in [2.45, 2.75) is 18.7 Å². The van der Waals surface area contributed by atoms with Crippen LogP contribution in [0, 0.1) is 3.04 Å². The summed E-state index contributed by atoms with van der Waals surface area (Å²) in [5.74, 6) is 0. The molecule has 0 saturated heterocycles. The summed E-state index contributed by atoms with van der Waals surface area (Å²) in [6, 6.07) is 20.1. The van der Waals surface area contributed by atoms with Crippen LogP contribution in [0.5, 0.6) is 0 Å². The van der Waals surface area contributed by atoms with E-state index < -0.39 is 28.5 Å². The van der Waals surface area contributed by atoms with Crippen molar-refractivity contribution < 1.29 is 32.5 Å². The summed E-state index contributed by atoms with van der Waals surface area (Å²) in [5.41, 5.74) is 0. The molecule has 2 aromatic carbocycles. The van der Waals surface area contributed by atoms with Crippen LogP contribution < -0.4 is 22.5 Å². The van der Waals surface area contributed by atoms with Gasteiger partial charge in [0.25, 0.3) is 0 Å². The molecule has 0 spiro atoms. The van der Waals surface area contributed by atoms with Gasteiger partial charge >= 0.3 is 172 Å². The number of thioether (sulfide) groups is 1. The maximum atomic E-state index is 13.3. The molecule has 0 N–H and O–H groups in total. The van der Waals surface area contributed by atoms with E-state index in [1.807, 2.05) is 62.4 Å². The van der Waals surface area contributed by atoms with Crippen LogP contribution in [0.15, 0.2) is 65.6 Å². The smallest absolute Gasteiger partial charge is 1.00 e. The third-order valence-electron chi connectivity index (χ3n) is 2.72. The van der Waals surface area contributed by atoms with Crippen LogP contribution in [0.2, 0.25) is 0 Å². The predicted molar refractivity (Wildman–Crippen MR) is 98.2 cm³/mol. The minimum absolute atomic E-state index is 0. The maximum absolute atomic E-state index is 13.3. The van der Waals surface area contributed by atoms with Gasteiger partial charge in [-0.15, -0.1) is 0 Å². The zero-order valence-corrected chi connectivity index (χ0v) is 18.2. The molecule has 0 aliphatic rings. The molecular weight excluding hydrogens is 450 g/mol. The molecule has 0 aliphatic heterocycles. The Morgan fingerprint density at radius 2 is 1.46 bits per heavy atom. The topological polar surface area (TPSA) is 35.5 Å². The normalized spacial score (nSPS) is 11.3. The molecule has 0 aromatic heterocycles. The molecule has 0 saturated carbocycles. The Morgan fingerprint density at radius 1 is 0.958 bits per heavy atom. The standard InChI is InChI=1S/C17H20O3PSTe.Li/c1-3-19-21(18,20-4-2)17(22-15-11-7-5-8-12-15)23-16-13-9-6-10-14-16;/h5-14H,3-4H2,1-2H3;/q-1;+1. The van der Waals surface area contributed by atoms with E-state index in [0.717, 1.165) is 7.93 Å². The van der Waals surface area contributed by atoms with Crippen LogP contribution in [0.1, 0.15) is 13.8 Å². The second-order valence-corrected chi connectivity index (χ2v) is 12.6. The number of benzene rings is 2. The van der Waals surface area contributed by atoms with Crippen molar-refractivity contribution in [2.75, 3.05) is 13.2 Å². The molecule has 7 heteroatoms. The van der Waals surface area contributed by atoms with Gasteiger partial charge in [-0.25, -0.2) is 0 Å². The van der Waals surface area contributed by atoms with E-state index in [1.54, 1.807) is 0 Å². The Labute approximate surface area is 171 Å². The first-order chi connectivity index (χ1) is 11.2. The summed E-state index contributed by atoms with van der Waals surface area (Å²) in [5, 5.41) is 0. The zero-order valence-electron chi connectivity index (χ0n) is 14.2. The fraction of sp³-hybridized carbons (Fsp3) is 0.235. The first-order valence-electron chi connectivity index (χ1n) is 7.40. The molecule has 0 unspecified atom stereocenters. The third kappa shape index (κ3) is 6.91. The predicted octanol–water partition coefficient (Wildman–Crippen LogP) is 1.53. The summed E-state index contributed by atoms with van der Waals surface area (Å²) in [6.45, 7) is 4.44. The van der Waals surface area contributed by atoms with Gasteiger partial charge in [-0.1, -0.05) is 0 Å². The molecule has 0 bridgehead atoms. The van der Waals surface area contributed by atoms with Crippen molar-refractivity contribution >= 4 is 43.9 Å². The zero-order chi connectivity index (χ0) is 16.5. The quantitative estimate of drug-likeness (QED) is 0.241. The minimum Gasteiger partial charge on any atom is 1.00 e. The van der Waals surface area contributed by atoms with Gasteiger partial charge in [0.2, 0.25) is 0 Å². The van der Waals surface area contributed by atoms with Crippen molar-refractivity contribution in [1.29, 1.82) is 0 Å². The molecule has 3 nitrogen and oxygen atoms in total. The van der Waals surface area contributed by atoms with Gasteiger partial charge in [0.15, 0.2) is 0 Å². The first-order valence-corrected chi connectivity index (χ1v) is 12.1. The van der Waals surface area contributed by atoms with Gasteiger partial charge < -0.3 is 0 Å². The summed E-state index contributed by atoms with van der Waals surface area (Å²) in [6.07, 6.45) is 0. The van der Waals surface area contributed by atoms with Gasteiger partial charge in [0.1, 0.15) is 0 Å². The third-order valence-corrected chi connectivity index (χ3v) is 11.7. The summed E-state index contributed by atoms with van der Waals surface area (Å²) in [4.78, 5) is 1.06. The van der Waals surface area contributed by atoms with E-state index in [2.05, 4.69) is 12.1 Å². The molecule has 2 aromatic rings. The van der Waals surface area contributed by atoms with Gasteiger partial charge in [-0.3, -0.25) is 0 Å². The molecule has 0 atom stereocenters. The van der Waals surface area contributed by atoms with E-state index in [1.165, 1.54) is 15.4 Å². The molecule has 24 heavy (non-hydrogen) atoms. The van der Waals surface area contributed by atoms with E-state index in [0.29, 0.717) is 13.2 Å². The SMILES string of the molecule is CCOP(=O)(OCC)[C-](Sc1ccccc1)[Te]c1ccccc1.[Li+].